The molecule has 0 radical (unpaired) electrons. The van der Waals surface area contributed by atoms with Crippen molar-refractivity contribution in [2.45, 2.75) is 24.6 Å². The van der Waals surface area contributed by atoms with E-state index in [1.165, 1.54) is 0 Å². The van der Waals surface area contributed by atoms with Crippen molar-refractivity contribution in [1.82, 2.24) is 0 Å². The fraction of sp³-hybridized carbons (Fsp3) is 0.778. The number of carbonyl (C=O) groups is 1. The number of nitrogens with two attached hydrogens (primary N) is 3. The van der Waals surface area contributed by atoms with Gasteiger partial charge in [0.25, 0.3) is 0 Å². The van der Waals surface area contributed by atoms with Crippen LogP contribution in [0.15, 0.2) is 4.99 Å². The van der Waals surface area contributed by atoms with Crippen LogP contribution in [0.3, 0.4) is 0 Å². The van der Waals surface area contributed by atoms with E-state index in [4.69, 9.17) is 22.3 Å². The van der Waals surface area contributed by atoms with Gasteiger partial charge in [0.05, 0.1) is 6.61 Å². The quantitative estimate of drug-likeness (QED) is 0.267. The number of rotatable bonds is 8. The van der Waals surface area contributed by atoms with E-state index in [-0.39, 0.29) is 25.3 Å². The van der Waals surface area contributed by atoms with Gasteiger partial charge in [-0.3, -0.25) is 9.79 Å². The van der Waals surface area contributed by atoms with Crippen LogP contribution in [0.1, 0.15) is 12.8 Å². The zero-order valence-corrected chi connectivity index (χ0v) is 10.1. The van der Waals surface area contributed by atoms with E-state index in [0.29, 0.717) is 0 Å². The van der Waals surface area contributed by atoms with Crippen LogP contribution in [0.4, 0.5) is 13.2 Å². The maximum atomic E-state index is 11.9. The van der Waals surface area contributed by atoms with Gasteiger partial charge in [0.2, 0.25) is 0 Å². The molecule has 0 amide bonds. The second-order valence-corrected chi connectivity index (χ2v) is 3.98. The molecule has 0 fully saturated rings. The summed E-state index contributed by atoms with van der Waals surface area (Å²) in [5.74, 6) is -1.61. The van der Waals surface area contributed by atoms with Gasteiger partial charge in [-0.2, -0.15) is 13.2 Å². The molecule has 0 spiro atoms. The van der Waals surface area contributed by atoms with Gasteiger partial charge in [0.15, 0.2) is 5.96 Å². The van der Waals surface area contributed by atoms with Gasteiger partial charge in [0, 0.05) is 6.54 Å². The number of ether oxygens (including phenoxy) is 1. The predicted molar refractivity (Wildman–Crippen MR) is 61.3 cm³/mol. The minimum absolute atomic E-state index is 0.114. The number of hydrogen-bond donors (Lipinski definition) is 4. The van der Waals surface area contributed by atoms with Crippen molar-refractivity contribution < 1.29 is 27.8 Å². The topological polar surface area (TPSA) is 137 Å². The number of hydrogen-bond acceptors (Lipinski definition) is 4. The molecule has 0 aliphatic heterocycles. The van der Waals surface area contributed by atoms with E-state index in [0.717, 1.165) is 0 Å². The summed E-state index contributed by atoms with van der Waals surface area (Å²) in [6.45, 7) is -2.16. The molecule has 0 aromatic heterocycles. The van der Waals surface area contributed by atoms with Gasteiger partial charge in [0.1, 0.15) is 12.1 Å². The first-order valence-electron chi connectivity index (χ1n) is 5.29. The average Bonchev–Trinajstić information content (AvgIpc) is 2.22. The predicted octanol–water partition coefficient (Wildman–Crippen LogP) is -0.599. The van der Waals surface area contributed by atoms with Crippen LogP contribution < -0.4 is 17.2 Å². The Bertz CT molecular complexity index is 331. The molecule has 0 saturated carbocycles. The number of alkyl halides is 3. The highest BCUT2D eigenvalue weighted by atomic mass is 19.4. The highest BCUT2D eigenvalue weighted by Crippen LogP contribution is 2.17. The summed E-state index contributed by atoms with van der Waals surface area (Å²) in [4.78, 5) is 14.5. The van der Waals surface area contributed by atoms with Gasteiger partial charge in [-0.25, -0.2) is 0 Å². The van der Waals surface area contributed by atoms with E-state index in [2.05, 4.69) is 9.73 Å². The Hall–Kier alpha value is -1.55. The lowest BCUT2D eigenvalue weighted by Gasteiger charge is -2.24. The van der Waals surface area contributed by atoms with Crippen LogP contribution in [0.5, 0.6) is 0 Å². The summed E-state index contributed by atoms with van der Waals surface area (Å²) in [5, 5.41) is 8.90. The molecule has 7 nitrogen and oxygen atoms in total. The van der Waals surface area contributed by atoms with E-state index in [1.54, 1.807) is 0 Å². The van der Waals surface area contributed by atoms with Crippen LogP contribution in [0.25, 0.3) is 0 Å². The van der Waals surface area contributed by atoms with Crippen LogP contribution in [0, 0.1) is 0 Å². The molecule has 112 valence electrons. The van der Waals surface area contributed by atoms with Gasteiger partial charge < -0.3 is 27.0 Å². The zero-order chi connectivity index (χ0) is 15.1. The highest BCUT2D eigenvalue weighted by molar-refractivity contribution is 5.78. The molecule has 0 aliphatic rings. The third-order valence-electron chi connectivity index (χ3n) is 2.13. The Morgan fingerprint density at radius 3 is 2.26 bits per heavy atom. The molecular formula is C9H17F3N4O3. The number of nitrogens with zero attached hydrogens (tertiary/aromatic N) is 1. The fourth-order valence-electron chi connectivity index (χ4n) is 1.19. The molecule has 0 rings (SSSR count). The minimum atomic E-state index is -4.53. The minimum Gasteiger partial charge on any atom is -0.480 e. The number of carboxylic acids is 1. The molecule has 0 bridgehead atoms. The summed E-state index contributed by atoms with van der Waals surface area (Å²) in [6.07, 6.45) is -4.44. The molecule has 19 heavy (non-hydrogen) atoms. The van der Waals surface area contributed by atoms with Crippen molar-refractivity contribution in [3.8, 4) is 0 Å². The summed E-state index contributed by atoms with van der Waals surface area (Å²) in [7, 11) is 0. The zero-order valence-electron chi connectivity index (χ0n) is 10.1. The van der Waals surface area contributed by atoms with Gasteiger partial charge >= 0.3 is 12.1 Å². The second-order valence-electron chi connectivity index (χ2n) is 3.98. The number of guanidine groups is 1. The lowest BCUT2D eigenvalue weighted by Crippen LogP contribution is -2.52. The lowest BCUT2D eigenvalue weighted by atomic mass is 9.96. The van der Waals surface area contributed by atoms with Gasteiger partial charge in [-0.15, -0.1) is 0 Å². The first kappa shape index (κ1) is 17.4. The van der Waals surface area contributed by atoms with Crippen molar-refractivity contribution >= 4 is 11.9 Å². The molecule has 0 heterocycles. The first-order chi connectivity index (χ1) is 8.57. The SMILES string of the molecule is NC(N)=NCCC[C@@](N)(COCC(F)(F)F)C(=O)O. The molecule has 0 aromatic rings. The number of halogens is 3. The molecule has 0 unspecified atom stereocenters. The van der Waals surface area contributed by atoms with E-state index < -0.39 is 30.9 Å². The van der Waals surface area contributed by atoms with Crippen LogP contribution >= 0.6 is 0 Å². The maximum Gasteiger partial charge on any atom is 0.411 e. The molecule has 0 saturated heterocycles. The smallest absolute Gasteiger partial charge is 0.411 e. The summed E-state index contributed by atoms with van der Waals surface area (Å²) < 4.78 is 39.9. The Labute approximate surface area is 107 Å². The molecule has 0 aromatic carbocycles. The normalized spacial score (nSPS) is 14.7. The lowest BCUT2D eigenvalue weighted by molar-refractivity contribution is -0.181. The fourth-order valence-corrected chi connectivity index (χ4v) is 1.19. The van der Waals surface area contributed by atoms with Crippen molar-refractivity contribution in [3.05, 3.63) is 0 Å². The Kier molecular flexibility index (Phi) is 6.56. The van der Waals surface area contributed by atoms with Crippen molar-refractivity contribution in [2.24, 2.45) is 22.2 Å². The van der Waals surface area contributed by atoms with Crippen LogP contribution in [-0.2, 0) is 9.53 Å². The Balaban J connectivity index is 4.27. The molecule has 10 heteroatoms. The first-order valence-corrected chi connectivity index (χ1v) is 5.29. The highest BCUT2D eigenvalue weighted by Gasteiger charge is 2.36. The monoisotopic (exact) mass is 286 g/mol. The van der Waals surface area contributed by atoms with E-state index in [9.17, 15) is 18.0 Å². The third kappa shape index (κ3) is 8.21. The van der Waals surface area contributed by atoms with Gasteiger partial charge in [-0.1, -0.05) is 0 Å². The number of aliphatic imine (C=N–C) groups is 1. The second kappa shape index (κ2) is 7.14. The number of aliphatic carboxylic acids is 1. The summed E-state index contributed by atoms with van der Waals surface area (Å²) >= 11 is 0. The van der Waals surface area contributed by atoms with Crippen LogP contribution in [0.2, 0.25) is 0 Å². The molecule has 7 N–H and O–H groups in total. The van der Waals surface area contributed by atoms with Crippen molar-refractivity contribution in [3.63, 3.8) is 0 Å². The third-order valence-corrected chi connectivity index (χ3v) is 2.13. The Morgan fingerprint density at radius 2 is 1.84 bits per heavy atom. The van der Waals surface area contributed by atoms with Crippen LogP contribution in [-0.4, -0.2) is 48.5 Å². The van der Waals surface area contributed by atoms with E-state index in [1.807, 2.05) is 0 Å². The van der Waals surface area contributed by atoms with Gasteiger partial charge in [-0.05, 0) is 12.8 Å². The van der Waals surface area contributed by atoms with Crippen molar-refractivity contribution in [2.75, 3.05) is 19.8 Å². The molecule has 0 aliphatic carbocycles. The summed E-state index contributed by atoms with van der Waals surface area (Å²) in [6, 6.07) is 0. The molecular weight excluding hydrogens is 269 g/mol. The maximum absolute atomic E-state index is 11.9. The number of carboxylic acid groups (broad SMARTS) is 1. The average molecular weight is 286 g/mol. The molecule has 1 atom stereocenters. The largest absolute Gasteiger partial charge is 0.480 e. The Morgan fingerprint density at radius 1 is 1.26 bits per heavy atom. The summed E-state index contributed by atoms with van der Waals surface area (Å²) in [5.41, 5.74) is 13.7. The van der Waals surface area contributed by atoms with Crippen molar-refractivity contribution in [1.29, 1.82) is 0 Å². The standard InChI is InChI=1S/C9H17F3N4O3/c10-9(11,12)5-19-4-8(15,6(17)18)2-1-3-16-7(13)14/h1-5,15H2,(H,17,18)(H4,13,14,16)/t8-/m1/s1. The van der Waals surface area contributed by atoms with E-state index >= 15 is 0 Å².